The Morgan fingerprint density at radius 1 is 1.16 bits per heavy atom. The maximum Gasteiger partial charge on any atom is 0.410 e. The molecule has 0 aliphatic carbocycles. The molecule has 2 N–H and O–H groups in total. The largest absolute Gasteiger partial charge is 0.444 e. The number of carbonyl (C=O) groups is 2. The lowest BCUT2D eigenvalue weighted by Gasteiger charge is -2.34. The van der Waals surface area contributed by atoms with Crippen molar-refractivity contribution in [1.82, 2.24) is 15.5 Å². The molecule has 2 heterocycles. The molecule has 0 aromatic heterocycles. The predicted molar refractivity (Wildman–Crippen MR) is 119 cm³/mol. The lowest BCUT2D eigenvalue weighted by atomic mass is 10.0. The monoisotopic (exact) mass is 430 g/mol. The van der Waals surface area contributed by atoms with Gasteiger partial charge in [0.05, 0.1) is 11.8 Å². The Morgan fingerprint density at radius 2 is 1.87 bits per heavy atom. The van der Waals surface area contributed by atoms with Crippen LogP contribution in [0.1, 0.15) is 52.0 Å². The van der Waals surface area contributed by atoms with Gasteiger partial charge in [-0.2, -0.15) is 0 Å². The van der Waals surface area contributed by atoms with E-state index < -0.39 is 5.60 Å². The second-order valence-corrected chi connectivity index (χ2v) is 9.14. The number of likely N-dealkylation sites (tertiary alicyclic amines) is 1. The number of benzene rings is 1. The lowest BCUT2D eigenvalue weighted by Crippen LogP contribution is -2.54. The zero-order valence-electron chi connectivity index (χ0n) is 18.7. The predicted octanol–water partition coefficient (Wildman–Crippen LogP) is 2.83. The minimum atomic E-state index is -0.496. The number of hydrogen-bond donors (Lipinski definition) is 2. The fourth-order valence-corrected chi connectivity index (χ4v) is 3.65. The molecule has 1 aromatic rings. The van der Waals surface area contributed by atoms with E-state index in [2.05, 4.69) is 15.8 Å². The summed E-state index contributed by atoms with van der Waals surface area (Å²) in [7, 11) is 0. The van der Waals surface area contributed by atoms with E-state index >= 15 is 0 Å². The standard InChI is InChI=1S/C23H34N4O4/c1-23(2,3)31-22(29)27-13-11-18(12-14-27)25-21(28)20-10-9-19(15-24-20)26-30-16-17-7-5-4-6-8-17/h4-8,18,20,24H,9-16H2,1-3H3,(H,25,28)/t20-/m0/s1. The molecule has 31 heavy (non-hydrogen) atoms. The van der Waals surface area contributed by atoms with Crippen LogP contribution in [0.5, 0.6) is 0 Å². The molecule has 3 rings (SSSR count). The maximum absolute atomic E-state index is 12.6. The van der Waals surface area contributed by atoms with Gasteiger partial charge in [0, 0.05) is 25.7 Å². The molecule has 2 saturated heterocycles. The van der Waals surface area contributed by atoms with Crippen molar-refractivity contribution in [2.75, 3.05) is 19.6 Å². The van der Waals surface area contributed by atoms with Crippen molar-refractivity contribution in [3.8, 4) is 0 Å². The third-order valence-electron chi connectivity index (χ3n) is 5.35. The summed E-state index contributed by atoms with van der Waals surface area (Å²) in [6.45, 7) is 7.75. The maximum atomic E-state index is 12.6. The number of carbonyl (C=O) groups excluding carboxylic acids is 2. The van der Waals surface area contributed by atoms with Crippen molar-refractivity contribution in [3.05, 3.63) is 35.9 Å². The van der Waals surface area contributed by atoms with E-state index in [4.69, 9.17) is 9.57 Å². The van der Waals surface area contributed by atoms with Crippen LogP contribution in [0, 0.1) is 0 Å². The van der Waals surface area contributed by atoms with Crippen LogP contribution in [-0.4, -0.2) is 59.9 Å². The highest BCUT2D eigenvalue weighted by atomic mass is 16.6. The smallest absolute Gasteiger partial charge is 0.410 e. The van der Waals surface area contributed by atoms with Crippen molar-refractivity contribution in [3.63, 3.8) is 0 Å². The summed E-state index contributed by atoms with van der Waals surface area (Å²) >= 11 is 0. The van der Waals surface area contributed by atoms with Gasteiger partial charge in [0.15, 0.2) is 0 Å². The first kappa shape index (κ1) is 23.1. The first-order chi connectivity index (χ1) is 14.8. The Labute approximate surface area is 184 Å². The van der Waals surface area contributed by atoms with Crippen LogP contribution in [-0.2, 0) is 21.0 Å². The summed E-state index contributed by atoms with van der Waals surface area (Å²) in [6, 6.07) is 9.76. The summed E-state index contributed by atoms with van der Waals surface area (Å²) in [5, 5.41) is 10.6. The molecule has 2 fully saturated rings. The van der Waals surface area contributed by atoms with E-state index in [1.165, 1.54) is 0 Å². The van der Waals surface area contributed by atoms with E-state index in [0.29, 0.717) is 32.7 Å². The SMILES string of the molecule is CC(C)(C)OC(=O)N1CCC(NC(=O)[C@@H]2CCC(=NOCc3ccccc3)CN2)CC1. The number of oxime groups is 1. The summed E-state index contributed by atoms with van der Waals surface area (Å²) in [5.41, 5.74) is 1.50. The number of amides is 2. The van der Waals surface area contributed by atoms with Gasteiger partial charge in [-0.3, -0.25) is 4.79 Å². The van der Waals surface area contributed by atoms with Gasteiger partial charge >= 0.3 is 6.09 Å². The number of piperidine rings is 2. The van der Waals surface area contributed by atoms with Crippen molar-refractivity contribution in [1.29, 1.82) is 0 Å². The number of ether oxygens (including phenoxy) is 1. The van der Waals surface area contributed by atoms with Gasteiger partial charge in [0.1, 0.15) is 12.2 Å². The first-order valence-corrected chi connectivity index (χ1v) is 11.0. The summed E-state index contributed by atoms with van der Waals surface area (Å²) in [4.78, 5) is 31.9. The molecular formula is C23H34N4O4. The van der Waals surface area contributed by atoms with Crippen molar-refractivity contribution in [2.45, 2.75) is 70.7 Å². The highest BCUT2D eigenvalue weighted by Gasteiger charge is 2.30. The fraction of sp³-hybridized carbons (Fsp3) is 0.609. The summed E-state index contributed by atoms with van der Waals surface area (Å²) in [5.74, 6) is 0.0139. The number of hydrogen-bond acceptors (Lipinski definition) is 6. The van der Waals surface area contributed by atoms with Gasteiger partial charge in [-0.25, -0.2) is 4.79 Å². The minimum absolute atomic E-state index is 0.0139. The molecule has 0 radical (unpaired) electrons. The fourth-order valence-electron chi connectivity index (χ4n) is 3.65. The molecule has 8 nitrogen and oxygen atoms in total. The van der Waals surface area contributed by atoms with E-state index in [1.54, 1.807) is 4.90 Å². The van der Waals surface area contributed by atoms with Crippen LogP contribution < -0.4 is 10.6 Å². The molecule has 0 saturated carbocycles. The average Bonchev–Trinajstić information content (AvgIpc) is 2.74. The third-order valence-corrected chi connectivity index (χ3v) is 5.35. The highest BCUT2D eigenvalue weighted by molar-refractivity contribution is 5.90. The second kappa shape index (κ2) is 10.6. The molecule has 2 aliphatic rings. The molecule has 2 aliphatic heterocycles. The Morgan fingerprint density at radius 3 is 2.48 bits per heavy atom. The zero-order valence-corrected chi connectivity index (χ0v) is 18.7. The van der Waals surface area contributed by atoms with Crippen LogP contribution in [0.25, 0.3) is 0 Å². The topological polar surface area (TPSA) is 92.3 Å². The Balaban J connectivity index is 1.35. The molecule has 0 unspecified atom stereocenters. The molecule has 2 amide bonds. The van der Waals surface area contributed by atoms with E-state index in [0.717, 1.165) is 30.5 Å². The van der Waals surface area contributed by atoms with Gasteiger partial charge in [0.25, 0.3) is 0 Å². The summed E-state index contributed by atoms with van der Waals surface area (Å²) in [6.07, 6.45) is 2.61. The quantitative estimate of drug-likeness (QED) is 0.701. The van der Waals surface area contributed by atoms with Crippen LogP contribution in [0.4, 0.5) is 4.79 Å². The van der Waals surface area contributed by atoms with E-state index in [1.807, 2.05) is 51.1 Å². The normalized spacial score (nSPS) is 21.6. The zero-order chi connectivity index (χ0) is 22.3. The molecule has 0 bridgehead atoms. The Bertz CT molecular complexity index is 758. The van der Waals surface area contributed by atoms with Crippen LogP contribution in [0.2, 0.25) is 0 Å². The molecule has 8 heteroatoms. The van der Waals surface area contributed by atoms with Crippen molar-refractivity contribution < 1.29 is 19.2 Å². The van der Waals surface area contributed by atoms with Crippen LogP contribution >= 0.6 is 0 Å². The number of nitrogens with one attached hydrogen (secondary N) is 2. The first-order valence-electron chi connectivity index (χ1n) is 11.0. The van der Waals surface area contributed by atoms with Gasteiger partial charge in [0.2, 0.25) is 5.91 Å². The average molecular weight is 431 g/mol. The van der Waals surface area contributed by atoms with Gasteiger partial charge < -0.3 is 25.1 Å². The van der Waals surface area contributed by atoms with E-state index in [9.17, 15) is 9.59 Å². The van der Waals surface area contributed by atoms with Crippen LogP contribution in [0.3, 0.4) is 0 Å². The minimum Gasteiger partial charge on any atom is -0.444 e. The number of nitrogens with zero attached hydrogens (tertiary/aromatic N) is 2. The van der Waals surface area contributed by atoms with Crippen LogP contribution in [0.15, 0.2) is 35.5 Å². The summed E-state index contributed by atoms with van der Waals surface area (Å²) < 4.78 is 5.42. The molecule has 0 spiro atoms. The molecule has 170 valence electrons. The molecule has 1 atom stereocenters. The number of rotatable bonds is 5. The van der Waals surface area contributed by atoms with Gasteiger partial charge in [-0.05, 0) is 52.0 Å². The Kier molecular flexibility index (Phi) is 7.90. The van der Waals surface area contributed by atoms with Crippen molar-refractivity contribution >= 4 is 17.7 Å². The van der Waals surface area contributed by atoms with Crippen molar-refractivity contribution in [2.24, 2.45) is 5.16 Å². The van der Waals surface area contributed by atoms with Gasteiger partial charge in [-0.15, -0.1) is 0 Å². The molecular weight excluding hydrogens is 396 g/mol. The lowest BCUT2D eigenvalue weighted by molar-refractivity contribution is -0.124. The second-order valence-electron chi connectivity index (χ2n) is 9.14. The van der Waals surface area contributed by atoms with Gasteiger partial charge in [-0.1, -0.05) is 35.5 Å². The highest BCUT2D eigenvalue weighted by Crippen LogP contribution is 2.16. The third kappa shape index (κ3) is 7.54. The molecule has 1 aromatic carbocycles. The van der Waals surface area contributed by atoms with E-state index in [-0.39, 0.29) is 24.1 Å². The Hall–Kier alpha value is -2.61.